The smallest absolute Gasteiger partial charge is 0.253 e. The molecule has 1 aliphatic rings. The van der Waals surface area contributed by atoms with Gasteiger partial charge in [0.1, 0.15) is 0 Å². The van der Waals surface area contributed by atoms with Gasteiger partial charge in [-0.15, -0.1) is 11.3 Å². The second kappa shape index (κ2) is 10.3. The van der Waals surface area contributed by atoms with Gasteiger partial charge in [0, 0.05) is 50.6 Å². The monoisotopic (exact) mass is 462 g/mol. The minimum absolute atomic E-state index is 0.0557. The Balaban J connectivity index is 1.40. The largest absolute Gasteiger partial charge is 0.337 e. The van der Waals surface area contributed by atoms with Crippen molar-refractivity contribution < 1.29 is 9.59 Å². The molecule has 2 aromatic carbocycles. The highest BCUT2D eigenvalue weighted by atomic mass is 32.1. The predicted octanol–water partition coefficient (Wildman–Crippen LogP) is 4.79. The lowest BCUT2D eigenvalue weighted by Crippen LogP contribution is -2.35. The molecule has 0 bridgehead atoms. The van der Waals surface area contributed by atoms with Gasteiger partial charge in [-0.3, -0.25) is 19.4 Å². The summed E-state index contributed by atoms with van der Waals surface area (Å²) < 4.78 is 0. The molecule has 3 aromatic rings. The highest BCUT2D eigenvalue weighted by Gasteiger charge is 2.22. The standard InChI is InChI=1S/C26H30N4O2S/c1-19-8-10-24(11-9-19)30(21(3)31)26-27-23(18-33-26)17-28-12-5-13-29(15-14-28)25(32)22-7-4-6-20(2)16-22/h4,6-11,16,18H,5,12-15,17H2,1-3H3. The summed E-state index contributed by atoms with van der Waals surface area (Å²) in [5.41, 5.74) is 4.79. The topological polar surface area (TPSA) is 56.8 Å². The van der Waals surface area contributed by atoms with Crippen LogP contribution in [0.2, 0.25) is 0 Å². The van der Waals surface area contributed by atoms with E-state index in [4.69, 9.17) is 4.98 Å². The van der Waals surface area contributed by atoms with Gasteiger partial charge in [0.15, 0.2) is 5.13 Å². The van der Waals surface area contributed by atoms with Crippen molar-refractivity contribution in [3.8, 4) is 0 Å². The zero-order valence-electron chi connectivity index (χ0n) is 19.5. The zero-order valence-corrected chi connectivity index (χ0v) is 20.3. The van der Waals surface area contributed by atoms with Gasteiger partial charge in [-0.25, -0.2) is 4.98 Å². The summed E-state index contributed by atoms with van der Waals surface area (Å²) in [6.07, 6.45) is 0.928. The summed E-state index contributed by atoms with van der Waals surface area (Å²) in [6.45, 7) is 9.49. The lowest BCUT2D eigenvalue weighted by molar-refractivity contribution is -0.115. The number of aromatic nitrogens is 1. The van der Waals surface area contributed by atoms with Crippen LogP contribution >= 0.6 is 11.3 Å². The molecule has 0 unspecified atom stereocenters. The summed E-state index contributed by atoms with van der Waals surface area (Å²) in [4.78, 5) is 36.0. The summed E-state index contributed by atoms with van der Waals surface area (Å²) in [5.74, 6) is 0.0477. The number of carbonyl (C=O) groups excluding carboxylic acids is 2. The van der Waals surface area contributed by atoms with E-state index in [1.54, 1.807) is 11.8 Å². The second-order valence-corrected chi connectivity index (χ2v) is 9.44. The summed E-state index contributed by atoms with van der Waals surface area (Å²) >= 11 is 1.49. The molecule has 1 fully saturated rings. The summed E-state index contributed by atoms with van der Waals surface area (Å²) in [5, 5.41) is 2.72. The normalized spacial score (nSPS) is 14.7. The first-order valence-corrected chi connectivity index (χ1v) is 12.2. The van der Waals surface area contributed by atoms with E-state index in [1.165, 1.54) is 11.3 Å². The van der Waals surface area contributed by atoms with Crippen molar-refractivity contribution in [2.45, 2.75) is 33.7 Å². The van der Waals surface area contributed by atoms with Crippen LogP contribution in [0, 0.1) is 13.8 Å². The second-order valence-electron chi connectivity index (χ2n) is 8.60. The summed E-state index contributed by atoms with van der Waals surface area (Å²) in [7, 11) is 0. The minimum Gasteiger partial charge on any atom is -0.337 e. The van der Waals surface area contributed by atoms with Crippen LogP contribution in [-0.2, 0) is 11.3 Å². The third-order valence-electron chi connectivity index (χ3n) is 5.86. The third kappa shape index (κ3) is 5.67. The number of aryl methyl sites for hydroxylation is 2. The number of anilines is 2. The number of carbonyl (C=O) groups is 2. The molecule has 1 saturated heterocycles. The number of hydrogen-bond donors (Lipinski definition) is 0. The molecule has 7 heteroatoms. The predicted molar refractivity (Wildman–Crippen MR) is 133 cm³/mol. The van der Waals surface area contributed by atoms with Crippen LogP contribution in [-0.4, -0.2) is 52.8 Å². The Kier molecular flexibility index (Phi) is 7.20. The molecule has 6 nitrogen and oxygen atoms in total. The average molecular weight is 463 g/mol. The first kappa shape index (κ1) is 23.1. The molecule has 0 N–H and O–H groups in total. The molecule has 0 radical (unpaired) electrons. The van der Waals surface area contributed by atoms with E-state index in [1.807, 2.05) is 72.7 Å². The number of amides is 2. The lowest BCUT2D eigenvalue weighted by atomic mass is 10.1. The molecule has 0 saturated carbocycles. The fourth-order valence-corrected chi connectivity index (χ4v) is 4.99. The van der Waals surface area contributed by atoms with Crippen molar-refractivity contribution in [3.05, 3.63) is 76.3 Å². The zero-order chi connectivity index (χ0) is 23.4. The Morgan fingerprint density at radius 1 is 1.00 bits per heavy atom. The van der Waals surface area contributed by atoms with Gasteiger partial charge in [-0.05, 0) is 44.5 Å². The highest BCUT2D eigenvalue weighted by molar-refractivity contribution is 7.14. The van der Waals surface area contributed by atoms with Crippen LogP contribution in [0.15, 0.2) is 53.9 Å². The number of thiazole rings is 1. The average Bonchev–Trinajstić information content (AvgIpc) is 3.11. The molecule has 0 aliphatic carbocycles. The molecule has 0 spiro atoms. The fraction of sp³-hybridized carbons (Fsp3) is 0.346. The van der Waals surface area contributed by atoms with E-state index in [0.29, 0.717) is 18.2 Å². The van der Waals surface area contributed by atoms with E-state index in [0.717, 1.165) is 54.1 Å². The quantitative estimate of drug-likeness (QED) is 0.547. The third-order valence-corrected chi connectivity index (χ3v) is 6.74. The van der Waals surface area contributed by atoms with Crippen molar-refractivity contribution >= 4 is 34.0 Å². The van der Waals surface area contributed by atoms with E-state index in [-0.39, 0.29) is 11.8 Å². The molecule has 1 aliphatic heterocycles. The van der Waals surface area contributed by atoms with Gasteiger partial charge >= 0.3 is 0 Å². The van der Waals surface area contributed by atoms with Crippen LogP contribution in [0.3, 0.4) is 0 Å². The highest BCUT2D eigenvalue weighted by Crippen LogP contribution is 2.29. The number of hydrogen-bond acceptors (Lipinski definition) is 5. The Bertz CT molecular complexity index is 1130. The van der Waals surface area contributed by atoms with Crippen LogP contribution in [0.25, 0.3) is 0 Å². The molecule has 2 heterocycles. The molecule has 33 heavy (non-hydrogen) atoms. The fourth-order valence-electron chi connectivity index (χ4n) is 4.11. The molecule has 4 rings (SSSR count). The Labute approximate surface area is 199 Å². The van der Waals surface area contributed by atoms with Gasteiger partial charge in [0.25, 0.3) is 5.91 Å². The number of rotatable bonds is 5. The van der Waals surface area contributed by atoms with Crippen molar-refractivity contribution in [1.82, 2.24) is 14.8 Å². The van der Waals surface area contributed by atoms with Crippen LogP contribution < -0.4 is 4.90 Å². The van der Waals surface area contributed by atoms with E-state index < -0.39 is 0 Å². The Hall–Kier alpha value is -3.03. The van der Waals surface area contributed by atoms with Gasteiger partial charge < -0.3 is 4.90 Å². The Morgan fingerprint density at radius 2 is 1.79 bits per heavy atom. The first-order valence-electron chi connectivity index (χ1n) is 11.3. The first-order chi connectivity index (χ1) is 15.9. The van der Waals surface area contributed by atoms with E-state index in [9.17, 15) is 9.59 Å². The maximum absolute atomic E-state index is 12.9. The number of benzene rings is 2. The maximum atomic E-state index is 12.9. The van der Waals surface area contributed by atoms with E-state index >= 15 is 0 Å². The Morgan fingerprint density at radius 3 is 2.52 bits per heavy atom. The molecule has 172 valence electrons. The van der Waals surface area contributed by atoms with Crippen molar-refractivity contribution in [2.75, 3.05) is 31.1 Å². The molecule has 0 atom stereocenters. The van der Waals surface area contributed by atoms with Gasteiger partial charge in [-0.2, -0.15) is 0 Å². The maximum Gasteiger partial charge on any atom is 0.253 e. The van der Waals surface area contributed by atoms with Crippen molar-refractivity contribution in [2.24, 2.45) is 0 Å². The van der Waals surface area contributed by atoms with Gasteiger partial charge in [0.2, 0.25) is 5.91 Å². The lowest BCUT2D eigenvalue weighted by Gasteiger charge is -2.22. The van der Waals surface area contributed by atoms with Crippen LogP contribution in [0.5, 0.6) is 0 Å². The summed E-state index contributed by atoms with van der Waals surface area (Å²) in [6, 6.07) is 15.7. The van der Waals surface area contributed by atoms with Gasteiger partial charge in [-0.1, -0.05) is 35.4 Å². The molecule has 1 aromatic heterocycles. The van der Waals surface area contributed by atoms with Crippen LogP contribution in [0.4, 0.5) is 10.8 Å². The van der Waals surface area contributed by atoms with Gasteiger partial charge in [0.05, 0.1) is 11.4 Å². The van der Waals surface area contributed by atoms with E-state index in [2.05, 4.69) is 4.90 Å². The van der Waals surface area contributed by atoms with Crippen molar-refractivity contribution in [3.63, 3.8) is 0 Å². The minimum atomic E-state index is -0.0557. The SMILES string of the molecule is CC(=O)N(c1ccc(C)cc1)c1nc(CN2CCCN(C(=O)c3cccc(C)c3)CC2)cs1. The van der Waals surface area contributed by atoms with Crippen molar-refractivity contribution in [1.29, 1.82) is 0 Å². The van der Waals surface area contributed by atoms with Crippen LogP contribution in [0.1, 0.15) is 40.5 Å². The molecule has 2 amide bonds. The molecular formula is C26H30N4O2S. The molecular weight excluding hydrogens is 432 g/mol. The number of nitrogens with zero attached hydrogens (tertiary/aromatic N) is 4.